The van der Waals surface area contributed by atoms with Crippen molar-refractivity contribution in [3.63, 3.8) is 0 Å². The first-order valence-electron chi connectivity index (χ1n) is 8.07. The molecule has 0 N–H and O–H groups in total. The molecule has 1 heterocycles. The molecule has 0 saturated heterocycles. The molecule has 0 unspecified atom stereocenters. The van der Waals surface area contributed by atoms with E-state index in [0.29, 0.717) is 39.9 Å². The molecule has 1 aliphatic rings. The fraction of sp³-hybridized carbons (Fsp3) is 0.250. The Hall–Kier alpha value is -2.80. The van der Waals surface area contributed by atoms with Crippen LogP contribution in [0, 0.1) is 0 Å². The summed E-state index contributed by atoms with van der Waals surface area (Å²) < 4.78 is 26.9. The summed E-state index contributed by atoms with van der Waals surface area (Å²) in [5.41, 5.74) is 2.06. The lowest BCUT2D eigenvalue weighted by molar-refractivity contribution is -0.106. The number of hydrogen-bond acceptors (Lipinski definition) is 7. The third-order valence-corrected chi connectivity index (χ3v) is 5.20. The van der Waals surface area contributed by atoms with Gasteiger partial charge in [-0.25, -0.2) is 0 Å². The van der Waals surface area contributed by atoms with Gasteiger partial charge in [-0.3, -0.25) is 4.79 Å². The summed E-state index contributed by atoms with van der Waals surface area (Å²) in [5.74, 6) is 2.67. The summed E-state index contributed by atoms with van der Waals surface area (Å²) >= 11 is 1.16. The van der Waals surface area contributed by atoms with Crippen LogP contribution in [0.1, 0.15) is 11.1 Å². The third-order valence-electron chi connectivity index (χ3n) is 4.23. The number of rotatable bonds is 6. The van der Waals surface area contributed by atoms with Crippen molar-refractivity contribution in [3.05, 3.63) is 35.4 Å². The normalized spacial score (nSPS) is 14.1. The monoisotopic (exact) mass is 388 g/mol. The van der Waals surface area contributed by atoms with Crippen LogP contribution in [0.15, 0.2) is 29.2 Å². The zero-order valence-electron chi connectivity index (χ0n) is 15.7. The maximum atomic E-state index is 12.6. The molecular weight excluding hydrogens is 368 g/mol. The predicted molar refractivity (Wildman–Crippen MR) is 104 cm³/mol. The number of thioether (sulfide) groups is 1. The molecule has 142 valence electrons. The van der Waals surface area contributed by atoms with Gasteiger partial charge in [-0.15, -0.1) is 0 Å². The van der Waals surface area contributed by atoms with Gasteiger partial charge in [-0.05, 0) is 42.1 Å². The lowest BCUT2D eigenvalue weighted by atomic mass is 10.0. The van der Waals surface area contributed by atoms with Gasteiger partial charge in [0.25, 0.3) is 0 Å². The second-order valence-electron chi connectivity index (χ2n) is 5.57. The molecule has 2 aromatic rings. The lowest BCUT2D eigenvalue weighted by Gasteiger charge is -2.14. The highest BCUT2D eigenvalue weighted by Crippen LogP contribution is 2.48. The molecule has 1 aliphatic heterocycles. The summed E-state index contributed by atoms with van der Waals surface area (Å²) in [6.45, 7) is 0. The summed E-state index contributed by atoms with van der Waals surface area (Å²) in [7, 11) is 7.78. The van der Waals surface area contributed by atoms with Crippen molar-refractivity contribution in [2.45, 2.75) is 4.90 Å². The lowest BCUT2D eigenvalue weighted by Crippen LogP contribution is -1.98. The maximum absolute atomic E-state index is 12.6. The number of carbonyl (C=O) groups is 1. The van der Waals surface area contributed by atoms with E-state index in [0.717, 1.165) is 22.2 Å². The van der Waals surface area contributed by atoms with E-state index in [1.165, 1.54) is 0 Å². The van der Waals surface area contributed by atoms with Gasteiger partial charge < -0.3 is 23.7 Å². The Balaban J connectivity index is 2.16. The molecule has 3 rings (SSSR count). The highest BCUT2D eigenvalue weighted by Gasteiger charge is 2.29. The van der Waals surface area contributed by atoms with E-state index < -0.39 is 0 Å². The van der Waals surface area contributed by atoms with E-state index in [1.807, 2.05) is 18.2 Å². The van der Waals surface area contributed by atoms with Crippen molar-refractivity contribution in [2.75, 3.05) is 35.5 Å². The Morgan fingerprint density at radius 1 is 0.778 bits per heavy atom. The van der Waals surface area contributed by atoms with E-state index >= 15 is 0 Å². The average molecular weight is 388 g/mol. The Morgan fingerprint density at radius 2 is 1.41 bits per heavy atom. The summed E-state index contributed by atoms with van der Waals surface area (Å²) in [6, 6.07) is 7.22. The van der Waals surface area contributed by atoms with Crippen molar-refractivity contribution < 1.29 is 28.5 Å². The molecule has 0 aromatic heterocycles. The molecule has 0 spiro atoms. The van der Waals surface area contributed by atoms with Gasteiger partial charge in [0.1, 0.15) is 0 Å². The number of benzene rings is 2. The van der Waals surface area contributed by atoms with E-state index in [4.69, 9.17) is 23.7 Å². The number of fused-ring (bicyclic) bond motifs is 1. The number of hydrogen-bond donors (Lipinski definition) is 0. The first-order valence-corrected chi connectivity index (χ1v) is 8.88. The van der Waals surface area contributed by atoms with Gasteiger partial charge >= 0.3 is 0 Å². The van der Waals surface area contributed by atoms with Gasteiger partial charge in [-0.1, -0.05) is 0 Å². The van der Waals surface area contributed by atoms with Crippen LogP contribution in [0.2, 0.25) is 0 Å². The van der Waals surface area contributed by atoms with Crippen LogP contribution in [-0.4, -0.2) is 40.7 Å². The highest BCUT2D eigenvalue weighted by molar-refractivity contribution is 8.15. The van der Waals surface area contributed by atoms with Gasteiger partial charge in [0.05, 0.1) is 35.5 Å². The van der Waals surface area contributed by atoms with Crippen LogP contribution in [0.4, 0.5) is 0 Å². The molecule has 0 saturated carbocycles. The van der Waals surface area contributed by atoms with Crippen LogP contribution < -0.4 is 23.7 Å². The van der Waals surface area contributed by atoms with Gasteiger partial charge in [-0.2, -0.15) is 0 Å². The summed E-state index contributed by atoms with van der Waals surface area (Å²) in [5, 5.41) is -0.0582. The largest absolute Gasteiger partial charge is 0.493 e. The predicted octanol–water partition coefficient (Wildman–Crippen LogP) is 3.90. The molecular formula is C20H20O6S. The van der Waals surface area contributed by atoms with Crippen molar-refractivity contribution >= 4 is 28.5 Å². The van der Waals surface area contributed by atoms with E-state index in [-0.39, 0.29) is 5.12 Å². The minimum absolute atomic E-state index is 0.0582. The van der Waals surface area contributed by atoms with Crippen molar-refractivity contribution in [2.24, 2.45) is 0 Å². The zero-order valence-corrected chi connectivity index (χ0v) is 16.6. The fourth-order valence-corrected chi connectivity index (χ4v) is 3.87. The second kappa shape index (κ2) is 7.84. The quantitative estimate of drug-likeness (QED) is 0.696. The molecule has 0 radical (unpaired) electrons. The zero-order chi connectivity index (χ0) is 19.6. The number of ether oxygens (including phenoxy) is 5. The van der Waals surface area contributed by atoms with Crippen LogP contribution in [-0.2, 0) is 4.79 Å². The molecule has 0 atom stereocenters. The van der Waals surface area contributed by atoms with Gasteiger partial charge in [0.2, 0.25) is 10.9 Å². The Labute approximate surface area is 162 Å². The van der Waals surface area contributed by atoms with Gasteiger partial charge in [0.15, 0.2) is 23.0 Å². The first kappa shape index (κ1) is 19.0. The fourth-order valence-electron chi connectivity index (χ4n) is 2.95. The van der Waals surface area contributed by atoms with Crippen LogP contribution in [0.25, 0.3) is 11.6 Å². The minimum Gasteiger partial charge on any atom is -0.493 e. The smallest absolute Gasteiger partial charge is 0.224 e. The van der Waals surface area contributed by atoms with Crippen molar-refractivity contribution in [3.8, 4) is 28.7 Å². The highest BCUT2D eigenvalue weighted by atomic mass is 32.2. The molecule has 7 heteroatoms. The Bertz CT molecular complexity index is 919. The molecule has 0 amide bonds. The van der Waals surface area contributed by atoms with Crippen LogP contribution in [0.3, 0.4) is 0 Å². The van der Waals surface area contributed by atoms with Crippen LogP contribution in [0.5, 0.6) is 28.7 Å². The molecule has 0 fully saturated rings. The standard InChI is InChI=1S/C20H20O6S/c1-22-14-7-6-11(18(25-4)19(14)26-5)8-13-12-9-15(23-2)16(24-3)10-17(12)27-20(13)21/h6-10H,1-5H3/b13-8-. The SMILES string of the molecule is COc1cc2c(cc1OC)/C(=C/c1ccc(OC)c(OC)c1OC)C(=O)S2. The number of carbonyl (C=O) groups excluding carboxylic acids is 1. The van der Waals surface area contributed by atoms with Gasteiger partial charge in [0, 0.05) is 21.6 Å². The Kier molecular flexibility index (Phi) is 5.51. The molecule has 6 nitrogen and oxygen atoms in total. The maximum Gasteiger partial charge on any atom is 0.224 e. The molecule has 0 aliphatic carbocycles. The molecule has 2 aromatic carbocycles. The Morgan fingerprint density at radius 3 is 2.00 bits per heavy atom. The summed E-state index contributed by atoms with van der Waals surface area (Å²) in [6.07, 6.45) is 1.79. The molecule has 27 heavy (non-hydrogen) atoms. The van der Waals surface area contributed by atoms with E-state index in [9.17, 15) is 4.79 Å². The van der Waals surface area contributed by atoms with E-state index in [1.54, 1.807) is 47.7 Å². The topological polar surface area (TPSA) is 63.2 Å². The van der Waals surface area contributed by atoms with Crippen LogP contribution >= 0.6 is 11.8 Å². The average Bonchev–Trinajstić information content (AvgIpc) is 3.00. The summed E-state index contributed by atoms with van der Waals surface area (Å²) in [4.78, 5) is 13.5. The minimum atomic E-state index is -0.0582. The number of methoxy groups -OCH3 is 5. The van der Waals surface area contributed by atoms with Crippen molar-refractivity contribution in [1.29, 1.82) is 0 Å². The van der Waals surface area contributed by atoms with Crippen molar-refractivity contribution in [1.82, 2.24) is 0 Å². The third kappa shape index (κ3) is 3.30. The van der Waals surface area contributed by atoms with E-state index in [2.05, 4.69) is 0 Å². The first-order chi connectivity index (χ1) is 13.1. The molecule has 0 bridgehead atoms. The second-order valence-corrected chi connectivity index (χ2v) is 6.59.